The van der Waals surface area contributed by atoms with Crippen molar-refractivity contribution in [3.05, 3.63) is 35.8 Å². The Bertz CT molecular complexity index is 506. The van der Waals surface area contributed by atoms with Gasteiger partial charge < -0.3 is 5.11 Å². The molecule has 2 aromatic rings. The molecule has 2 heterocycles. The number of rotatable bonds is 2. The molecule has 0 bridgehead atoms. The van der Waals surface area contributed by atoms with Crippen molar-refractivity contribution in [1.82, 2.24) is 20.0 Å². The molecule has 0 radical (unpaired) electrons. The van der Waals surface area contributed by atoms with E-state index in [0.717, 1.165) is 10.9 Å². The van der Waals surface area contributed by atoms with Gasteiger partial charge in [0, 0.05) is 6.20 Å². The number of halogens is 3. The monoisotopic (exact) mass is 244 g/mol. The van der Waals surface area contributed by atoms with Crippen molar-refractivity contribution in [2.45, 2.75) is 12.8 Å². The molecule has 0 saturated carbocycles. The van der Waals surface area contributed by atoms with E-state index in [-0.39, 0.29) is 12.4 Å². The maximum atomic E-state index is 12.3. The molecule has 0 aliphatic carbocycles. The predicted octanol–water partition coefficient (Wildman–Crippen LogP) is 1.17. The van der Waals surface area contributed by atoms with Crippen LogP contribution in [0.2, 0.25) is 0 Å². The summed E-state index contributed by atoms with van der Waals surface area (Å²) in [5, 5.41) is 19.5. The SMILES string of the molecule is OCc1ccc(-n2cc(C(F)(F)F)cn2)nn1. The standard InChI is InChI=1S/C9H7F3N4O/c10-9(11,12)6-3-13-16(4-6)8-2-1-7(5-17)14-15-8/h1-4,17H,5H2. The van der Waals surface area contributed by atoms with Gasteiger partial charge in [-0.05, 0) is 12.1 Å². The zero-order valence-electron chi connectivity index (χ0n) is 8.39. The maximum Gasteiger partial charge on any atom is 0.419 e. The largest absolute Gasteiger partial charge is 0.419 e. The van der Waals surface area contributed by atoms with Crippen molar-refractivity contribution in [3.8, 4) is 5.82 Å². The van der Waals surface area contributed by atoms with Crippen LogP contribution in [0.4, 0.5) is 13.2 Å². The quantitative estimate of drug-likeness (QED) is 0.861. The number of aliphatic hydroxyl groups excluding tert-OH is 1. The molecule has 90 valence electrons. The van der Waals surface area contributed by atoms with Crippen LogP contribution in [0.5, 0.6) is 0 Å². The lowest BCUT2D eigenvalue weighted by Gasteiger charge is -2.01. The summed E-state index contributed by atoms with van der Waals surface area (Å²) in [6, 6.07) is 2.88. The van der Waals surface area contributed by atoms with Crippen molar-refractivity contribution in [2.24, 2.45) is 0 Å². The highest BCUT2D eigenvalue weighted by atomic mass is 19.4. The summed E-state index contributed by atoms with van der Waals surface area (Å²) in [5.74, 6) is 0.151. The third-order valence-electron chi connectivity index (χ3n) is 2.01. The molecule has 1 N–H and O–H groups in total. The highest BCUT2D eigenvalue weighted by Gasteiger charge is 2.32. The van der Waals surface area contributed by atoms with Crippen molar-refractivity contribution in [2.75, 3.05) is 0 Å². The van der Waals surface area contributed by atoms with E-state index in [1.165, 1.54) is 12.1 Å². The van der Waals surface area contributed by atoms with E-state index in [4.69, 9.17) is 5.11 Å². The summed E-state index contributed by atoms with van der Waals surface area (Å²) in [6.07, 6.45) is -2.90. The van der Waals surface area contributed by atoms with Gasteiger partial charge in [0.25, 0.3) is 0 Å². The minimum Gasteiger partial charge on any atom is -0.390 e. The van der Waals surface area contributed by atoms with Crippen LogP contribution in [0.25, 0.3) is 5.82 Å². The van der Waals surface area contributed by atoms with Crippen molar-refractivity contribution < 1.29 is 18.3 Å². The zero-order chi connectivity index (χ0) is 12.5. The molecule has 0 aliphatic heterocycles. The van der Waals surface area contributed by atoms with E-state index >= 15 is 0 Å². The lowest BCUT2D eigenvalue weighted by atomic mass is 10.3. The van der Waals surface area contributed by atoms with Crippen LogP contribution in [0, 0.1) is 0 Å². The van der Waals surface area contributed by atoms with Gasteiger partial charge in [-0.25, -0.2) is 4.68 Å². The highest BCUT2D eigenvalue weighted by molar-refractivity contribution is 5.23. The minimum absolute atomic E-state index is 0.151. The van der Waals surface area contributed by atoms with Crippen molar-refractivity contribution >= 4 is 0 Å². The fourth-order valence-corrected chi connectivity index (χ4v) is 1.15. The fourth-order valence-electron chi connectivity index (χ4n) is 1.15. The first-order valence-corrected chi connectivity index (χ1v) is 4.56. The van der Waals surface area contributed by atoms with Gasteiger partial charge in [0.1, 0.15) is 0 Å². The molecule has 0 aromatic carbocycles. The second kappa shape index (κ2) is 4.13. The van der Waals surface area contributed by atoms with Crippen LogP contribution < -0.4 is 0 Å². The Morgan fingerprint density at radius 3 is 2.47 bits per heavy atom. The molecular formula is C9H7F3N4O. The lowest BCUT2D eigenvalue weighted by molar-refractivity contribution is -0.137. The van der Waals surface area contributed by atoms with E-state index in [9.17, 15) is 13.2 Å². The smallest absolute Gasteiger partial charge is 0.390 e. The van der Waals surface area contributed by atoms with Crippen LogP contribution in [-0.4, -0.2) is 25.1 Å². The Kier molecular flexibility index (Phi) is 2.80. The molecule has 8 heteroatoms. The molecule has 5 nitrogen and oxygen atoms in total. The van der Waals surface area contributed by atoms with Crippen molar-refractivity contribution in [3.63, 3.8) is 0 Å². The maximum absolute atomic E-state index is 12.3. The summed E-state index contributed by atoms with van der Waals surface area (Å²) in [7, 11) is 0. The summed E-state index contributed by atoms with van der Waals surface area (Å²) >= 11 is 0. The fraction of sp³-hybridized carbons (Fsp3) is 0.222. The molecule has 17 heavy (non-hydrogen) atoms. The lowest BCUT2D eigenvalue weighted by Crippen LogP contribution is -2.04. The Morgan fingerprint density at radius 1 is 1.24 bits per heavy atom. The molecular weight excluding hydrogens is 237 g/mol. The molecule has 0 aliphatic rings. The zero-order valence-corrected chi connectivity index (χ0v) is 8.39. The molecule has 2 aromatic heterocycles. The van der Waals surface area contributed by atoms with Crippen LogP contribution in [0.3, 0.4) is 0 Å². The Morgan fingerprint density at radius 2 is 2.00 bits per heavy atom. The first kappa shape index (κ1) is 11.5. The highest BCUT2D eigenvalue weighted by Crippen LogP contribution is 2.28. The number of alkyl halides is 3. The molecule has 0 saturated heterocycles. The first-order valence-electron chi connectivity index (χ1n) is 4.56. The van der Waals surface area contributed by atoms with Gasteiger partial charge in [0.05, 0.1) is 24.1 Å². The van der Waals surface area contributed by atoms with Crippen LogP contribution in [0.15, 0.2) is 24.5 Å². The van der Waals surface area contributed by atoms with Crippen LogP contribution in [-0.2, 0) is 12.8 Å². The Balaban J connectivity index is 2.30. The predicted molar refractivity (Wildman–Crippen MR) is 50.1 cm³/mol. The molecule has 0 unspecified atom stereocenters. The Hall–Kier alpha value is -1.96. The number of nitrogens with zero attached hydrogens (tertiary/aromatic N) is 4. The first-order chi connectivity index (χ1) is 8.00. The summed E-state index contributed by atoms with van der Waals surface area (Å²) in [5.41, 5.74) is -0.525. The summed E-state index contributed by atoms with van der Waals surface area (Å²) in [6.45, 7) is -0.278. The van der Waals surface area contributed by atoms with Crippen molar-refractivity contribution in [1.29, 1.82) is 0 Å². The van der Waals surface area contributed by atoms with E-state index in [1.54, 1.807) is 0 Å². The summed E-state index contributed by atoms with van der Waals surface area (Å²) < 4.78 is 37.9. The molecule has 0 amide bonds. The van der Waals surface area contributed by atoms with E-state index in [2.05, 4.69) is 15.3 Å². The number of hydrogen-bond acceptors (Lipinski definition) is 4. The normalized spacial score (nSPS) is 11.8. The van der Waals surface area contributed by atoms with E-state index in [1.807, 2.05) is 0 Å². The van der Waals surface area contributed by atoms with Gasteiger partial charge in [0.2, 0.25) is 0 Å². The van der Waals surface area contributed by atoms with E-state index in [0.29, 0.717) is 11.9 Å². The van der Waals surface area contributed by atoms with Gasteiger partial charge in [-0.15, -0.1) is 5.10 Å². The molecule has 0 fully saturated rings. The number of aromatic nitrogens is 4. The topological polar surface area (TPSA) is 63.8 Å². The molecule has 0 spiro atoms. The average Bonchev–Trinajstić information content (AvgIpc) is 2.78. The number of hydrogen-bond donors (Lipinski definition) is 1. The van der Waals surface area contributed by atoms with Crippen LogP contribution in [0.1, 0.15) is 11.3 Å². The number of aliphatic hydroxyl groups is 1. The minimum atomic E-state index is -4.43. The van der Waals surface area contributed by atoms with Gasteiger partial charge >= 0.3 is 6.18 Å². The average molecular weight is 244 g/mol. The third kappa shape index (κ3) is 2.41. The van der Waals surface area contributed by atoms with Crippen LogP contribution >= 0.6 is 0 Å². The third-order valence-corrected chi connectivity index (χ3v) is 2.01. The molecule has 2 rings (SSSR count). The van der Waals surface area contributed by atoms with E-state index < -0.39 is 11.7 Å². The van der Waals surface area contributed by atoms with Gasteiger partial charge in [0.15, 0.2) is 5.82 Å². The second-order valence-corrected chi connectivity index (χ2v) is 3.21. The molecule has 0 atom stereocenters. The summed E-state index contributed by atoms with van der Waals surface area (Å²) in [4.78, 5) is 0. The van der Waals surface area contributed by atoms with Gasteiger partial charge in [-0.2, -0.15) is 23.4 Å². The second-order valence-electron chi connectivity index (χ2n) is 3.21. The Labute approximate surface area is 93.5 Å². The van der Waals surface area contributed by atoms with Gasteiger partial charge in [-0.3, -0.25) is 0 Å². The van der Waals surface area contributed by atoms with Gasteiger partial charge in [-0.1, -0.05) is 0 Å².